The molecular formula is C36H47FN4O7S. The largest absolute Gasteiger partial charge is 0.382 e. The first-order chi connectivity index (χ1) is 23.7. The first-order valence-corrected chi connectivity index (χ1v) is 18.4. The zero-order valence-electron chi connectivity index (χ0n) is 28.9. The number of nitrogens with zero attached hydrogens (tertiary/aromatic N) is 4. The fraction of sp³-hybridized carbons (Fsp3) is 0.528. The Bertz CT molecular complexity index is 1740. The Balaban J connectivity index is 1.52. The summed E-state index contributed by atoms with van der Waals surface area (Å²) in [7, 11) is -2.73. The molecule has 1 fully saturated rings. The van der Waals surface area contributed by atoms with Crippen molar-refractivity contribution in [1.29, 1.82) is 0 Å². The number of amides is 1. The molecule has 2 aliphatic rings. The van der Waals surface area contributed by atoms with E-state index in [9.17, 15) is 17.6 Å². The van der Waals surface area contributed by atoms with Crippen LogP contribution in [-0.2, 0) is 42.2 Å². The Hall–Kier alpha value is -3.65. The summed E-state index contributed by atoms with van der Waals surface area (Å²) in [5, 5.41) is 4.06. The van der Waals surface area contributed by atoms with Crippen LogP contribution in [0, 0.1) is 13.8 Å². The molecule has 1 amide bonds. The molecule has 0 N–H and O–H groups in total. The number of alkyl halides is 1. The second-order valence-electron chi connectivity index (χ2n) is 12.6. The second-order valence-corrected chi connectivity index (χ2v) is 14.4. The molecule has 1 aromatic heterocycles. The standard InChI is InChI=1S/C36H47FN4O7S/c1-5-6-13-33-38-36(16-9-10-17-36)35(42)40(33)23-28-14-15-30(29(22-28)24-46-19-18-37)31-11-7-8-12-32(31)49(43,44)41(25-47-21-20-45-4)34-26(2)27(3)48-39-34/h7-8,11-12,14-15,22H,5-6,9-10,13,16-21,23-25H2,1-4H3. The van der Waals surface area contributed by atoms with Crippen molar-refractivity contribution in [2.24, 2.45) is 4.99 Å². The predicted molar refractivity (Wildman–Crippen MR) is 185 cm³/mol. The van der Waals surface area contributed by atoms with E-state index in [2.05, 4.69) is 12.1 Å². The molecule has 0 saturated heterocycles. The highest BCUT2D eigenvalue weighted by atomic mass is 32.2. The first-order valence-electron chi connectivity index (χ1n) is 16.9. The lowest BCUT2D eigenvalue weighted by atomic mass is 9.96. The van der Waals surface area contributed by atoms with Crippen LogP contribution in [0.3, 0.4) is 0 Å². The molecule has 0 atom stereocenters. The van der Waals surface area contributed by atoms with E-state index in [0.29, 0.717) is 34.6 Å². The van der Waals surface area contributed by atoms with E-state index in [-0.39, 0.29) is 49.8 Å². The van der Waals surface area contributed by atoms with Gasteiger partial charge >= 0.3 is 0 Å². The molecule has 2 heterocycles. The van der Waals surface area contributed by atoms with Gasteiger partial charge in [-0.25, -0.2) is 17.1 Å². The van der Waals surface area contributed by atoms with E-state index in [1.54, 1.807) is 32.0 Å². The van der Waals surface area contributed by atoms with E-state index >= 15 is 0 Å². The van der Waals surface area contributed by atoms with Crippen LogP contribution < -0.4 is 4.31 Å². The Morgan fingerprint density at radius 3 is 2.51 bits per heavy atom. The maximum Gasteiger partial charge on any atom is 0.268 e. The van der Waals surface area contributed by atoms with Gasteiger partial charge in [0.15, 0.2) is 5.82 Å². The fourth-order valence-corrected chi connectivity index (χ4v) is 8.01. The summed E-state index contributed by atoms with van der Waals surface area (Å²) in [6.07, 6.45) is 6.18. The molecule has 13 heteroatoms. The molecule has 1 aliphatic carbocycles. The predicted octanol–water partition coefficient (Wildman–Crippen LogP) is 6.50. The number of halogens is 1. The number of benzene rings is 2. The number of aromatic nitrogens is 1. The number of ether oxygens (including phenoxy) is 3. The summed E-state index contributed by atoms with van der Waals surface area (Å²) in [6.45, 7) is 5.32. The number of aryl methyl sites for hydroxylation is 1. The lowest BCUT2D eigenvalue weighted by molar-refractivity contribution is -0.131. The van der Waals surface area contributed by atoms with Crippen molar-refractivity contribution in [3.8, 4) is 11.1 Å². The van der Waals surface area contributed by atoms with Crippen molar-refractivity contribution in [2.45, 2.75) is 89.3 Å². The minimum atomic E-state index is -4.26. The van der Waals surface area contributed by atoms with Crippen LogP contribution in [0.15, 0.2) is 56.9 Å². The summed E-state index contributed by atoms with van der Waals surface area (Å²) in [5.74, 6) is 1.50. The van der Waals surface area contributed by atoms with Crippen molar-refractivity contribution in [2.75, 3.05) is 44.6 Å². The molecule has 1 aliphatic heterocycles. The van der Waals surface area contributed by atoms with Crippen LogP contribution in [-0.4, -0.2) is 76.1 Å². The third kappa shape index (κ3) is 7.90. The molecule has 0 unspecified atom stereocenters. The van der Waals surface area contributed by atoms with Crippen molar-refractivity contribution < 1.29 is 36.3 Å². The van der Waals surface area contributed by atoms with Crippen LogP contribution in [0.1, 0.15) is 74.3 Å². The minimum Gasteiger partial charge on any atom is -0.382 e. The van der Waals surface area contributed by atoms with Gasteiger partial charge in [0.1, 0.15) is 30.5 Å². The number of unbranched alkanes of at least 4 members (excludes halogenated alkanes) is 1. The Kier molecular flexibility index (Phi) is 12.2. The molecule has 266 valence electrons. The van der Waals surface area contributed by atoms with Gasteiger partial charge in [0.2, 0.25) is 0 Å². The number of anilines is 1. The molecule has 3 aromatic rings. The third-order valence-electron chi connectivity index (χ3n) is 9.23. The summed E-state index contributed by atoms with van der Waals surface area (Å²) in [5.41, 5.74) is 2.47. The van der Waals surface area contributed by atoms with Crippen molar-refractivity contribution in [3.63, 3.8) is 0 Å². The summed E-state index contributed by atoms with van der Waals surface area (Å²) >= 11 is 0. The quantitative estimate of drug-likeness (QED) is 0.109. The maximum atomic E-state index is 14.5. The van der Waals surface area contributed by atoms with Gasteiger partial charge in [-0.05, 0) is 55.9 Å². The number of rotatable bonds is 18. The molecule has 1 spiro atoms. The third-order valence-corrected chi connectivity index (χ3v) is 11.0. The molecule has 5 rings (SSSR count). The lowest BCUT2D eigenvalue weighted by Gasteiger charge is -2.25. The zero-order valence-corrected chi connectivity index (χ0v) is 29.7. The van der Waals surface area contributed by atoms with Crippen LogP contribution in [0.25, 0.3) is 11.1 Å². The van der Waals surface area contributed by atoms with Crippen LogP contribution in [0.5, 0.6) is 0 Å². The Labute approximate surface area is 288 Å². The molecule has 49 heavy (non-hydrogen) atoms. The van der Waals surface area contributed by atoms with E-state index in [1.165, 1.54) is 13.2 Å². The van der Waals surface area contributed by atoms with Crippen LogP contribution >= 0.6 is 0 Å². The Morgan fingerprint density at radius 1 is 1.04 bits per heavy atom. The van der Waals surface area contributed by atoms with E-state index < -0.39 is 22.2 Å². The normalized spacial score (nSPS) is 15.8. The van der Waals surface area contributed by atoms with Crippen LogP contribution in [0.4, 0.5) is 10.2 Å². The maximum absolute atomic E-state index is 14.5. The molecule has 11 nitrogen and oxygen atoms in total. The number of carbonyl (C=O) groups is 1. The van der Waals surface area contributed by atoms with E-state index in [4.69, 9.17) is 23.7 Å². The van der Waals surface area contributed by atoms with Crippen LogP contribution in [0.2, 0.25) is 0 Å². The van der Waals surface area contributed by atoms with Gasteiger partial charge in [0.25, 0.3) is 15.9 Å². The van der Waals surface area contributed by atoms with Gasteiger partial charge in [0.05, 0.1) is 37.9 Å². The highest BCUT2D eigenvalue weighted by Crippen LogP contribution is 2.41. The summed E-state index contributed by atoms with van der Waals surface area (Å²) in [4.78, 5) is 20.7. The number of sulfonamides is 1. The monoisotopic (exact) mass is 698 g/mol. The average molecular weight is 699 g/mol. The van der Waals surface area contributed by atoms with E-state index in [0.717, 1.165) is 60.7 Å². The molecule has 0 bridgehead atoms. The zero-order chi connectivity index (χ0) is 35.0. The summed E-state index contributed by atoms with van der Waals surface area (Å²) in [6, 6.07) is 12.3. The minimum absolute atomic E-state index is 0.0248. The molecule has 1 saturated carbocycles. The van der Waals surface area contributed by atoms with Gasteiger partial charge in [0, 0.05) is 24.7 Å². The number of hydrogen-bond donors (Lipinski definition) is 0. The Morgan fingerprint density at radius 2 is 1.82 bits per heavy atom. The topological polar surface area (TPSA) is 124 Å². The smallest absolute Gasteiger partial charge is 0.268 e. The van der Waals surface area contributed by atoms with Crippen molar-refractivity contribution >= 4 is 27.6 Å². The number of aliphatic imine (C=N–C) groups is 1. The van der Waals surface area contributed by atoms with Gasteiger partial charge < -0.3 is 18.7 Å². The van der Waals surface area contributed by atoms with Crippen molar-refractivity contribution in [1.82, 2.24) is 10.1 Å². The number of amidine groups is 1. The van der Waals surface area contributed by atoms with Gasteiger partial charge in [-0.2, -0.15) is 0 Å². The lowest BCUT2D eigenvalue weighted by Crippen LogP contribution is -2.40. The van der Waals surface area contributed by atoms with E-state index in [1.807, 2.05) is 23.1 Å². The molecule has 0 radical (unpaired) electrons. The fourth-order valence-electron chi connectivity index (χ4n) is 6.45. The first kappa shape index (κ1) is 36.6. The summed E-state index contributed by atoms with van der Waals surface area (Å²) < 4.78 is 65.0. The second kappa shape index (κ2) is 16.4. The van der Waals surface area contributed by atoms with Crippen molar-refractivity contribution in [3.05, 3.63) is 64.9 Å². The van der Waals surface area contributed by atoms with Gasteiger partial charge in [-0.15, -0.1) is 0 Å². The highest BCUT2D eigenvalue weighted by molar-refractivity contribution is 7.93. The number of methoxy groups -OCH3 is 1. The number of carbonyl (C=O) groups excluding carboxylic acids is 1. The number of hydrogen-bond acceptors (Lipinski definition) is 9. The van der Waals surface area contributed by atoms with Gasteiger partial charge in [-0.3, -0.25) is 14.7 Å². The van der Waals surface area contributed by atoms with Gasteiger partial charge in [-0.1, -0.05) is 67.7 Å². The molecule has 2 aromatic carbocycles. The SMILES string of the molecule is CCCCC1=NC2(CCCC2)C(=O)N1Cc1ccc(-c2ccccc2S(=O)(=O)N(COCCOC)c2noc(C)c2C)c(COCCF)c1. The molecular weight excluding hydrogens is 651 g/mol. The highest BCUT2D eigenvalue weighted by Gasteiger charge is 2.49. The average Bonchev–Trinajstić information content (AvgIpc) is 3.78.